The number of hydrogen-bond acceptors (Lipinski definition) is 3. The van der Waals surface area contributed by atoms with Gasteiger partial charge in [-0.15, -0.1) is 0 Å². The Hall–Kier alpha value is -1.32. The molecule has 1 aliphatic rings. The molecule has 2 heterocycles. The maximum absolute atomic E-state index is 11.1. The third kappa shape index (κ3) is 0.906. The molecule has 1 aliphatic heterocycles. The van der Waals surface area contributed by atoms with E-state index in [-0.39, 0.29) is 5.56 Å². The van der Waals surface area contributed by atoms with Crippen LogP contribution in [0, 0.1) is 0 Å². The van der Waals surface area contributed by atoms with Crippen molar-refractivity contribution in [1.29, 1.82) is 0 Å². The summed E-state index contributed by atoms with van der Waals surface area (Å²) in [7, 11) is 0. The predicted octanol–water partition coefficient (Wildman–Crippen LogP) is 0.126. The first-order chi connectivity index (χ1) is 5.27. The molecule has 0 saturated heterocycles. The maximum atomic E-state index is 11.1. The molecule has 4 heteroatoms. The summed E-state index contributed by atoms with van der Waals surface area (Å²) in [6.45, 7) is 2.03. The molecule has 0 spiro atoms. The number of fused-ring (bicyclic) bond motifs is 1. The van der Waals surface area contributed by atoms with Gasteiger partial charge in [0.2, 0.25) is 0 Å². The Labute approximate surface area is 63.7 Å². The fourth-order valence-electron chi connectivity index (χ4n) is 1.33. The minimum absolute atomic E-state index is 0.0214. The average Bonchev–Trinajstić information content (AvgIpc) is 2.31. The molecule has 0 saturated carbocycles. The van der Waals surface area contributed by atoms with Crippen LogP contribution < -0.4 is 10.9 Å². The van der Waals surface area contributed by atoms with Crippen molar-refractivity contribution >= 4 is 5.82 Å². The molecule has 0 bridgehead atoms. The van der Waals surface area contributed by atoms with Crippen molar-refractivity contribution < 1.29 is 0 Å². The lowest BCUT2D eigenvalue weighted by atomic mass is 10.2. The highest BCUT2D eigenvalue weighted by Gasteiger charge is 2.19. The molecule has 1 atom stereocenters. The van der Waals surface area contributed by atoms with Gasteiger partial charge in [-0.25, -0.2) is 4.98 Å². The van der Waals surface area contributed by atoms with E-state index in [9.17, 15) is 4.79 Å². The Balaban J connectivity index is 2.58. The van der Waals surface area contributed by atoms with Crippen LogP contribution in [0.25, 0.3) is 0 Å². The summed E-state index contributed by atoms with van der Waals surface area (Å²) in [6.07, 6.45) is 2.20. The van der Waals surface area contributed by atoms with Crippen molar-refractivity contribution in [1.82, 2.24) is 9.97 Å². The van der Waals surface area contributed by atoms with Crippen LogP contribution in [0.1, 0.15) is 12.5 Å². The van der Waals surface area contributed by atoms with Crippen LogP contribution in [-0.2, 0) is 6.42 Å². The second-order valence-electron chi connectivity index (χ2n) is 2.81. The van der Waals surface area contributed by atoms with Crippen molar-refractivity contribution in [3.05, 3.63) is 22.2 Å². The van der Waals surface area contributed by atoms with Gasteiger partial charge < -0.3 is 10.3 Å². The van der Waals surface area contributed by atoms with Crippen LogP contribution in [0.4, 0.5) is 5.82 Å². The number of aromatic amines is 1. The molecule has 1 aromatic heterocycles. The zero-order chi connectivity index (χ0) is 7.84. The van der Waals surface area contributed by atoms with E-state index in [0.717, 1.165) is 17.8 Å². The smallest absolute Gasteiger partial charge is 0.256 e. The second-order valence-corrected chi connectivity index (χ2v) is 2.81. The van der Waals surface area contributed by atoms with E-state index in [4.69, 9.17) is 0 Å². The SMILES string of the molecule is CC1Cc2c(nc[nH]c2=O)N1. The van der Waals surface area contributed by atoms with Gasteiger partial charge >= 0.3 is 0 Å². The molecule has 11 heavy (non-hydrogen) atoms. The lowest BCUT2D eigenvalue weighted by Gasteiger charge is -1.99. The van der Waals surface area contributed by atoms with Crippen molar-refractivity contribution in [2.24, 2.45) is 0 Å². The van der Waals surface area contributed by atoms with Gasteiger partial charge in [-0.3, -0.25) is 4.79 Å². The van der Waals surface area contributed by atoms with Gasteiger partial charge in [0.1, 0.15) is 5.82 Å². The molecule has 58 valence electrons. The first kappa shape index (κ1) is 6.39. The van der Waals surface area contributed by atoms with E-state index < -0.39 is 0 Å². The van der Waals surface area contributed by atoms with E-state index in [0.29, 0.717) is 6.04 Å². The van der Waals surface area contributed by atoms with E-state index in [1.807, 2.05) is 6.92 Å². The zero-order valence-electron chi connectivity index (χ0n) is 6.22. The lowest BCUT2D eigenvalue weighted by Crippen LogP contribution is -2.11. The monoisotopic (exact) mass is 151 g/mol. The van der Waals surface area contributed by atoms with Crippen LogP contribution in [0.3, 0.4) is 0 Å². The number of hydrogen-bond donors (Lipinski definition) is 2. The number of nitrogens with zero attached hydrogens (tertiary/aromatic N) is 1. The van der Waals surface area contributed by atoms with Gasteiger partial charge in [0.15, 0.2) is 0 Å². The number of nitrogens with one attached hydrogen (secondary N) is 2. The van der Waals surface area contributed by atoms with Crippen molar-refractivity contribution in [3.8, 4) is 0 Å². The summed E-state index contributed by atoms with van der Waals surface area (Å²) < 4.78 is 0. The molecule has 0 aliphatic carbocycles. The summed E-state index contributed by atoms with van der Waals surface area (Å²) in [5, 5.41) is 3.11. The second kappa shape index (κ2) is 2.08. The summed E-state index contributed by atoms with van der Waals surface area (Å²) in [6, 6.07) is 0.334. The third-order valence-corrected chi connectivity index (χ3v) is 1.84. The minimum Gasteiger partial charge on any atom is -0.367 e. The molecular weight excluding hydrogens is 142 g/mol. The largest absolute Gasteiger partial charge is 0.367 e. The van der Waals surface area contributed by atoms with Gasteiger partial charge in [-0.05, 0) is 6.92 Å². The number of H-pyrrole nitrogens is 1. The van der Waals surface area contributed by atoms with Gasteiger partial charge in [-0.2, -0.15) is 0 Å². The number of aromatic nitrogens is 2. The molecule has 0 aromatic carbocycles. The number of anilines is 1. The first-order valence-electron chi connectivity index (χ1n) is 3.60. The highest BCUT2D eigenvalue weighted by Crippen LogP contribution is 2.17. The van der Waals surface area contributed by atoms with Crippen LogP contribution in [0.5, 0.6) is 0 Å². The minimum atomic E-state index is -0.0214. The van der Waals surface area contributed by atoms with E-state index >= 15 is 0 Å². The van der Waals surface area contributed by atoms with Gasteiger partial charge in [0, 0.05) is 12.5 Å². The van der Waals surface area contributed by atoms with Crippen molar-refractivity contribution in [2.75, 3.05) is 5.32 Å². The molecule has 0 radical (unpaired) electrons. The molecule has 1 unspecified atom stereocenters. The normalized spacial score (nSPS) is 21.0. The van der Waals surface area contributed by atoms with E-state index in [1.165, 1.54) is 6.33 Å². The van der Waals surface area contributed by atoms with Gasteiger partial charge in [0.25, 0.3) is 5.56 Å². The van der Waals surface area contributed by atoms with Gasteiger partial charge in [-0.1, -0.05) is 0 Å². The molecule has 0 amide bonds. The van der Waals surface area contributed by atoms with Crippen LogP contribution in [-0.4, -0.2) is 16.0 Å². The summed E-state index contributed by atoms with van der Waals surface area (Å²) in [4.78, 5) is 17.7. The summed E-state index contributed by atoms with van der Waals surface area (Å²) in [5.41, 5.74) is 0.756. The average molecular weight is 151 g/mol. The van der Waals surface area contributed by atoms with Crippen molar-refractivity contribution in [3.63, 3.8) is 0 Å². The highest BCUT2D eigenvalue weighted by molar-refractivity contribution is 5.48. The molecular formula is C7H9N3O. The Bertz CT molecular complexity index is 331. The van der Waals surface area contributed by atoms with Crippen LogP contribution >= 0.6 is 0 Å². The van der Waals surface area contributed by atoms with Crippen molar-refractivity contribution in [2.45, 2.75) is 19.4 Å². The number of rotatable bonds is 0. The molecule has 2 rings (SSSR count). The Kier molecular flexibility index (Phi) is 1.21. The Morgan fingerprint density at radius 2 is 2.55 bits per heavy atom. The highest BCUT2D eigenvalue weighted by atomic mass is 16.1. The van der Waals surface area contributed by atoms with E-state index in [1.54, 1.807) is 0 Å². The fraction of sp³-hybridized carbons (Fsp3) is 0.429. The zero-order valence-corrected chi connectivity index (χ0v) is 6.22. The molecule has 4 nitrogen and oxygen atoms in total. The fourth-order valence-corrected chi connectivity index (χ4v) is 1.33. The molecule has 0 fully saturated rings. The third-order valence-electron chi connectivity index (χ3n) is 1.84. The lowest BCUT2D eigenvalue weighted by molar-refractivity contribution is 0.833. The quantitative estimate of drug-likeness (QED) is 0.554. The summed E-state index contributed by atoms with van der Waals surface area (Å²) in [5.74, 6) is 0.737. The predicted molar refractivity (Wildman–Crippen MR) is 41.6 cm³/mol. The maximum Gasteiger partial charge on any atom is 0.256 e. The molecule has 2 N–H and O–H groups in total. The summed E-state index contributed by atoms with van der Waals surface area (Å²) >= 11 is 0. The standard InChI is InChI=1S/C7H9N3O/c1-4-2-5-6(10-4)8-3-9-7(5)11/h3-4H,2H2,1H3,(H2,8,9,10,11). The topological polar surface area (TPSA) is 57.8 Å². The van der Waals surface area contributed by atoms with Gasteiger partial charge in [0.05, 0.1) is 11.9 Å². The van der Waals surface area contributed by atoms with Crippen LogP contribution in [0.15, 0.2) is 11.1 Å². The molecule has 1 aromatic rings. The Morgan fingerprint density at radius 1 is 1.73 bits per heavy atom. The first-order valence-corrected chi connectivity index (χ1v) is 3.60. The Morgan fingerprint density at radius 3 is 3.27 bits per heavy atom. The van der Waals surface area contributed by atoms with Crippen LogP contribution in [0.2, 0.25) is 0 Å². The van der Waals surface area contributed by atoms with E-state index in [2.05, 4.69) is 15.3 Å².